The molecule has 0 radical (unpaired) electrons. The average molecular weight is 383 g/mol. The van der Waals surface area contributed by atoms with Crippen molar-refractivity contribution >= 4 is 33.1 Å². The summed E-state index contributed by atoms with van der Waals surface area (Å²) in [6, 6.07) is 11.4. The van der Waals surface area contributed by atoms with Crippen LogP contribution in [0.15, 0.2) is 41.4 Å². The van der Waals surface area contributed by atoms with Gasteiger partial charge in [0.15, 0.2) is 16.3 Å². The summed E-state index contributed by atoms with van der Waals surface area (Å²) in [4.78, 5) is 19.8. The molecule has 6 nitrogen and oxygen atoms in total. The molecule has 0 N–H and O–H groups in total. The lowest BCUT2D eigenvalue weighted by Crippen LogP contribution is -2.17. The van der Waals surface area contributed by atoms with Gasteiger partial charge in [-0.25, -0.2) is 0 Å². The van der Waals surface area contributed by atoms with E-state index in [-0.39, 0.29) is 12.7 Å². The zero-order valence-electron chi connectivity index (χ0n) is 15.6. The minimum absolute atomic E-state index is 0.239. The van der Waals surface area contributed by atoms with Gasteiger partial charge in [0.25, 0.3) is 5.91 Å². The Morgan fingerprint density at radius 2 is 1.89 bits per heavy atom. The molecule has 140 valence electrons. The van der Waals surface area contributed by atoms with Gasteiger partial charge in [-0.15, -0.1) is 0 Å². The molecule has 3 aromatic rings. The highest BCUT2D eigenvalue weighted by atomic mass is 32.1. The molecule has 0 atom stereocenters. The van der Waals surface area contributed by atoms with Crippen molar-refractivity contribution < 1.29 is 14.3 Å². The number of hydrogen-bond donors (Lipinski definition) is 0. The molecular weight excluding hydrogens is 362 g/mol. The number of carbonyl (C=O) groups excluding carboxylic acids is 1. The molecule has 0 aliphatic carbocycles. The molecule has 4 rings (SSSR count). The maximum absolute atomic E-state index is 12.7. The monoisotopic (exact) mass is 383 g/mol. The summed E-state index contributed by atoms with van der Waals surface area (Å²) in [6.07, 6.45) is 0.944. The van der Waals surface area contributed by atoms with E-state index in [4.69, 9.17) is 9.47 Å². The van der Waals surface area contributed by atoms with Crippen LogP contribution in [0.25, 0.3) is 10.2 Å². The maximum Gasteiger partial charge on any atom is 0.279 e. The number of benzene rings is 2. The van der Waals surface area contributed by atoms with E-state index in [1.807, 2.05) is 55.4 Å². The Kier molecular flexibility index (Phi) is 4.61. The van der Waals surface area contributed by atoms with Gasteiger partial charge < -0.3 is 18.9 Å². The highest BCUT2D eigenvalue weighted by Crippen LogP contribution is 2.37. The first-order chi connectivity index (χ1) is 13.1. The van der Waals surface area contributed by atoms with E-state index in [0.29, 0.717) is 10.4 Å². The summed E-state index contributed by atoms with van der Waals surface area (Å²) in [5, 5.41) is 0. The van der Waals surface area contributed by atoms with Gasteiger partial charge >= 0.3 is 0 Å². The van der Waals surface area contributed by atoms with Crippen molar-refractivity contribution in [2.45, 2.75) is 19.9 Å². The van der Waals surface area contributed by atoms with Gasteiger partial charge in [-0.2, -0.15) is 4.99 Å². The molecule has 27 heavy (non-hydrogen) atoms. The molecule has 1 aliphatic rings. The van der Waals surface area contributed by atoms with Crippen LogP contribution in [0.5, 0.6) is 11.5 Å². The summed E-state index contributed by atoms with van der Waals surface area (Å²) >= 11 is 1.49. The first kappa shape index (κ1) is 17.6. The minimum atomic E-state index is -0.239. The normalized spacial score (nSPS) is 13.4. The second kappa shape index (κ2) is 7.08. The van der Waals surface area contributed by atoms with Gasteiger partial charge in [-0.05, 0) is 30.7 Å². The van der Waals surface area contributed by atoms with Crippen LogP contribution in [0, 0.1) is 0 Å². The number of hydrogen-bond acceptors (Lipinski definition) is 5. The van der Waals surface area contributed by atoms with Crippen LogP contribution in [-0.4, -0.2) is 31.4 Å². The number of amides is 1. The summed E-state index contributed by atoms with van der Waals surface area (Å²) in [7, 11) is 3.94. The van der Waals surface area contributed by atoms with E-state index in [0.717, 1.165) is 40.4 Å². The lowest BCUT2D eigenvalue weighted by Gasteiger charge is -2.11. The lowest BCUT2D eigenvalue weighted by atomic mass is 10.2. The van der Waals surface area contributed by atoms with Crippen molar-refractivity contribution in [1.29, 1.82) is 0 Å². The molecule has 1 aliphatic heterocycles. The van der Waals surface area contributed by atoms with Gasteiger partial charge in [-0.1, -0.05) is 18.3 Å². The second-order valence-electron chi connectivity index (χ2n) is 6.57. The third kappa shape index (κ3) is 3.30. The van der Waals surface area contributed by atoms with E-state index in [1.54, 1.807) is 0 Å². The van der Waals surface area contributed by atoms with Crippen molar-refractivity contribution in [3.63, 3.8) is 0 Å². The minimum Gasteiger partial charge on any atom is -0.454 e. The number of rotatable bonds is 4. The second-order valence-corrected chi connectivity index (χ2v) is 7.58. The molecule has 0 spiro atoms. The van der Waals surface area contributed by atoms with Gasteiger partial charge in [0.05, 0.1) is 10.2 Å². The maximum atomic E-state index is 12.7. The molecule has 0 bridgehead atoms. The Morgan fingerprint density at radius 3 is 2.56 bits per heavy atom. The predicted molar refractivity (Wildman–Crippen MR) is 107 cm³/mol. The topological polar surface area (TPSA) is 56.1 Å². The number of thiazole rings is 1. The molecule has 0 fully saturated rings. The van der Waals surface area contributed by atoms with Crippen molar-refractivity contribution in [2.75, 3.05) is 25.8 Å². The van der Waals surface area contributed by atoms with Gasteiger partial charge in [-0.3, -0.25) is 4.79 Å². The Bertz CT molecular complexity index is 1060. The van der Waals surface area contributed by atoms with Crippen molar-refractivity contribution in [2.24, 2.45) is 4.99 Å². The van der Waals surface area contributed by atoms with Gasteiger partial charge in [0.2, 0.25) is 6.79 Å². The van der Waals surface area contributed by atoms with Crippen LogP contribution in [0.4, 0.5) is 5.69 Å². The number of aryl methyl sites for hydroxylation is 1. The van der Waals surface area contributed by atoms with Crippen LogP contribution in [0.3, 0.4) is 0 Å². The Hall–Kier alpha value is -2.80. The van der Waals surface area contributed by atoms with Crippen molar-refractivity contribution in [3.8, 4) is 11.5 Å². The van der Waals surface area contributed by atoms with Crippen molar-refractivity contribution in [1.82, 2.24) is 4.57 Å². The number of ether oxygens (including phenoxy) is 2. The Morgan fingerprint density at radius 1 is 1.19 bits per heavy atom. The fourth-order valence-corrected chi connectivity index (χ4v) is 4.10. The van der Waals surface area contributed by atoms with Crippen LogP contribution in [-0.2, 0) is 6.54 Å². The smallest absolute Gasteiger partial charge is 0.279 e. The number of anilines is 1. The summed E-state index contributed by atoms with van der Waals surface area (Å²) in [6.45, 7) is 3.14. The SMILES string of the molecule is CCCn1c(=NC(=O)c2ccc(N(C)C)cc2)sc2cc3c(cc21)OCO3. The van der Waals surface area contributed by atoms with E-state index in [9.17, 15) is 4.79 Å². The molecule has 0 saturated carbocycles. The first-order valence-electron chi connectivity index (χ1n) is 8.86. The molecule has 0 unspecified atom stereocenters. The molecule has 2 heterocycles. The molecular formula is C20H21N3O3S. The van der Waals surface area contributed by atoms with Crippen LogP contribution in [0.1, 0.15) is 23.7 Å². The standard InChI is InChI=1S/C20H21N3O3S/c1-4-9-23-15-10-16-17(26-12-25-16)11-18(15)27-20(23)21-19(24)13-5-7-14(8-6-13)22(2)3/h5-8,10-11H,4,9,12H2,1-3H3. The van der Waals surface area contributed by atoms with E-state index in [2.05, 4.69) is 16.5 Å². The number of carbonyl (C=O) groups is 1. The van der Waals surface area contributed by atoms with Crippen LogP contribution in [0.2, 0.25) is 0 Å². The fraction of sp³-hybridized carbons (Fsp3) is 0.300. The number of fused-ring (bicyclic) bond motifs is 2. The first-order valence-corrected chi connectivity index (χ1v) is 9.68. The zero-order chi connectivity index (χ0) is 19.0. The van der Waals surface area contributed by atoms with Gasteiger partial charge in [0, 0.05) is 44.0 Å². The molecule has 0 saturated heterocycles. The molecule has 1 amide bonds. The largest absolute Gasteiger partial charge is 0.454 e. The highest BCUT2D eigenvalue weighted by molar-refractivity contribution is 7.16. The highest BCUT2D eigenvalue weighted by Gasteiger charge is 2.18. The number of aromatic nitrogens is 1. The Labute approximate surface area is 161 Å². The summed E-state index contributed by atoms with van der Waals surface area (Å²) in [5.74, 6) is 1.24. The van der Waals surface area contributed by atoms with E-state index >= 15 is 0 Å². The van der Waals surface area contributed by atoms with E-state index < -0.39 is 0 Å². The van der Waals surface area contributed by atoms with Crippen LogP contribution >= 0.6 is 11.3 Å². The third-order valence-electron chi connectivity index (χ3n) is 4.45. The fourth-order valence-electron chi connectivity index (χ4n) is 3.04. The van der Waals surface area contributed by atoms with Crippen molar-refractivity contribution in [3.05, 3.63) is 46.8 Å². The summed E-state index contributed by atoms with van der Waals surface area (Å²) in [5.41, 5.74) is 2.64. The number of nitrogens with zero attached hydrogens (tertiary/aromatic N) is 3. The lowest BCUT2D eigenvalue weighted by molar-refractivity contribution is 0.0998. The predicted octanol–water partition coefficient (Wildman–Crippen LogP) is 3.65. The average Bonchev–Trinajstić information content (AvgIpc) is 3.24. The Balaban J connectivity index is 1.77. The quantitative estimate of drug-likeness (QED) is 0.690. The zero-order valence-corrected chi connectivity index (χ0v) is 16.4. The van der Waals surface area contributed by atoms with Crippen LogP contribution < -0.4 is 19.2 Å². The summed E-state index contributed by atoms with van der Waals surface area (Å²) < 4.78 is 14.1. The molecule has 2 aromatic carbocycles. The third-order valence-corrected chi connectivity index (χ3v) is 5.49. The molecule has 7 heteroatoms. The van der Waals surface area contributed by atoms with E-state index in [1.165, 1.54) is 11.3 Å². The molecule has 1 aromatic heterocycles. The van der Waals surface area contributed by atoms with Gasteiger partial charge in [0.1, 0.15) is 0 Å².